The fraction of sp³-hybridized carbons (Fsp3) is 0.588. The third kappa shape index (κ3) is 2.83. The van der Waals surface area contributed by atoms with Crippen molar-refractivity contribution in [2.24, 2.45) is 0 Å². The molecule has 0 radical (unpaired) electrons. The lowest BCUT2D eigenvalue weighted by Crippen LogP contribution is -2.44. The fourth-order valence-electron chi connectivity index (χ4n) is 3.55. The third-order valence-electron chi connectivity index (χ3n) is 4.86. The van der Waals surface area contributed by atoms with Crippen molar-refractivity contribution in [3.05, 3.63) is 35.9 Å². The molecule has 4 heteroatoms. The van der Waals surface area contributed by atoms with Gasteiger partial charge in [-0.2, -0.15) is 0 Å². The fourth-order valence-corrected chi connectivity index (χ4v) is 3.55. The van der Waals surface area contributed by atoms with Crippen LogP contribution in [0.15, 0.2) is 30.3 Å². The summed E-state index contributed by atoms with van der Waals surface area (Å²) < 4.78 is 0. The number of benzene rings is 1. The summed E-state index contributed by atoms with van der Waals surface area (Å²) in [6, 6.07) is 10.4. The molecular weight excluding hydrogens is 262 g/mol. The van der Waals surface area contributed by atoms with E-state index in [9.17, 15) is 4.79 Å². The van der Waals surface area contributed by atoms with Gasteiger partial charge in [-0.25, -0.2) is 0 Å². The summed E-state index contributed by atoms with van der Waals surface area (Å²) in [5.74, 6) is 0.230. The van der Waals surface area contributed by atoms with E-state index in [2.05, 4.69) is 29.1 Å². The highest BCUT2D eigenvalue weighted by atomic mass is 16.2. The van der Waals surface area contributed by atoms with Crippen molar-refractivity contribution in [2.45, 2.75) is 44.4 Å². The molecule has 4 nitrogen and oxygen atoms in total. The van der Waals surface area contributed by atoms with E-state index in [0.717, 1.165) is 25.1 Å². The summed E-state index contributed by atoms with van der Waals surface area (Å²) in [6.07, 6.45) is 3.56. The second kappa shape index (κ2) is 6.16. The number of nitrogens with zero attached hydrogens (tertiary/aromatic N) is 2. The van der Waals surface area contributed by atoms with Gasteiger partial charge in [-0.15, -0.1) is 0 Å². The summed E-state index contributed by atoms with van der Waals surface area (Å²) >= 11 is 0. The van der Waals surface area contributed by atoms with E-state index in [1.165, 1.54) is 12.8 Å². The molecule has 1 N–H and O–H groups in total. The van der Waals surface area contributed by atoms with Crippen LogP contribution in [0.5, 0.6) is 0 Å². The van der Waals surface area contributed by atoms with Crippen molar-refractivity contribution in [2.75, 3.05) is 20.1 Å². The van der Waals surface area contributed by atoms with E-state index in [1.54, 1.807) is 0 Å². The zero-order valence-corrected chi connectivity index (χ0v) is 13.0. The molecule has 3 unspecified atom stereocenters. The Labute approximate surface area is 127 Å². The lowest BCUT2D eigenvalue weighted by molar-refractivity contribution is -0.130. The molecule has 1 aromatic rings. The van der Waals surface area contributed by atoms with Crippen LogP contribution in [0.3, 0.4) is 0 Å². The van der Waals surface area contributed by atoms with Gasteiger partial charge in [-0.1, -0.05) is 37.3 Å². The van der Waals surface area contributed by atoms with Crippen molar-refractivity contribution in [1.29, 1.82) is 0 Å². The second-order valence-corrected chi connectivity index (χ2v) is 6.20. The molecular formula is C17H25N3O. The van der Waals surface area contributed by atoms with Gasteiger partial charge in [-0.05, 0) is 38.4 Å². The molecule has 2 aliphatic rings. The summed E-state index contributed by atoms with van der Waals surface area (Å²) in [7, 11) is 2.17. The second-order valence-electron chi connectivity index (χ2n) is 6.20. The highest BCUT2D eigenvalue weighted by Crippen LogP contribution is 2.27. The highest BCUT2D eigenvalue weighted by Gasteiger charge is 2.40. The van der Waals surface area contributed by atoms with Gasteiger partial charge in [0.25, 0.3) is 0 Å². The zero-order chi connectivity index (χ0) is 14.8. The van der Waals surface area contributed by atoms with Crippen LogP contribution in [0.2, 0.25) is 0 Å². The van der Waals surface area contributed by atoms with Crippen molar-refractivity contribution in [3.63, 3.8) is 0 Å². The first-order valence-electron chi connectivity index (χ1n) is 8.02. The SMILES string of the molecule is CCC1NC(c2ccccc2)C(=O)N1CC1CCCN1C. The number of carbonyl (C=O) groups is 1. The molecule has 0 aliphatic carbocycles. The number of rotatable bonds is 4. The number of hydrogen-bond acceptors (Lipinski definition) is 3. The van der Waals surface area contributed by atoms with E-state index in [1.807, 2.05) is 30.3 Å². The lowest BCUT2D eigenvalue weighted by Gasteiger charge is -2.29. The Hall–Kier alpha value is -1.39. The molecule has 2 heterocycles. The maximum Gasteiger partial charge on any atom is 0.245 e. The Balaban J connectivity index is 1.75. The van der Waals surface area contributed by atoms with Crippen molar-refractivity contribution < 1.29 is 4.79 Å². The number of hydrogen-bond donors (Lipinski definition) is 1. The van der Waals surface area contributed by atoms with Gasteiger partial charge < -0.3 is 9.80 Å². The molecule has 0 bridgehead atoms. The predicted octanol–water partition coefficient (Wildman–Crippen LogP) is 1.99. The minimum atomic E-state index is -0.178. The Kier molecular flexibility index (Phi) is 4.27. The normalized spacial score (nSPS) is 30.3. The summed E-state index contributed by atoms with van der Waals surface area (Å²) in [4.78, 5) is 17.3. The Morgan fingerprint density at radius 1 is 1.29 bits per heavy atom. The van der Waals surface area contributed by atoms with Crippen LogP contribution in [0, 0.1) is 0 Å². The maximum absolute atomic E-state index is 12.8. The molecule has 1 aromatic carbocycles. The van der Waals surface area contributed by atoms with E-state index >= 15 is 0 Å². The molecule has 0 saturated carbocycles. The summed E-state index contributed by atoms with van der Waals surface area (Å²) in [6.45, 7) is 4.15. The van der Waals surface area contributed by atoms with Crippen LogP contribution >= 0.6 is 0 Å². The maximum atomic E-state index is 12.8. The predicted molar refractivity (Wildman–Crippen MR) is 83.8 cm³/mol. The summed E-state index contributed by atoms with van der Waals surface area (Å²) in [5.41, 5.74) is 1.07. The van der Waals surface area contributed by atoms with Gasteiger partial charge in [0.2, 0.25) is 5.91 Å². The zero-order valence-electron chi connectivity index (χ0n) is 13.0. The average Bonchev–Trinajstić information content (AvgIpc) is 3.05. The molecule has 21 heavy (non-hydrogen) atoms. The Morgan fingerprint density at radius 2 is 2.05 bits per heavy atom. The minimum Gasteiger partial charge on any atom is -0.324 e. The van der Waals surface area contributed by atoms with E-state index in [4.69, 9.17) is 0 Å². The van der Waals surface area contributed by atoms with Gasteiger partial charge in [0, 0.05) is 12.6 Å². The number of carbonyl (C=O) groups excluding carboxylic acids is 1. The average molecular weight is 287 g/mol. The first-order valence-corrected chi connectivity index (χ1v) is 8.02. The molecule has 3 rings (SSSR count). The van der Waals surface area contributed by atoms with Crippen molar-refractivity contribution in [1.82, 2.24) is 15.1 Å². The van der Waals surface area contributed by atoms with Gasteiger partial charge in [-0.3, -0.25) is 10.1 Å². The number of nitrogens with one attached hydrogen (secondary N) is 1. The minimum absolute atomic E-state index is 0.164. The standard InChI is InChI=1S/C17H25N3O/c1-3-15-18-16(13-8-5-4-6-9-13)17(21)20(15)12-14-10-7-11-19(14)2/h4-6,8-9,14-16,18H,3,7,10-12H2,1-2H3. The summed E-state index contributed by atoms with van der Waals surface area (Å²) in [5, 5.41) is 3.50. The molecule has 0 spiro atoms. The molecule has 2 saturated heterocycles. The van der Waals surface area contributed by atoms with E-state index in [0.29, 0.717) is 6.04 Å². The van der Waals surface area contributed by atoms with Gasteiger partial charge in [0.15, 0.2) is 0 Å². The Bertz CT molecular complexity index is 490. The van der Waals surface area contributed by atoms with Crippen LogP contribution in [-0.2, 0) is 4.79 Å². The van der Waals surface area contributed by atoms with Crippen molar-refractivity contribution in [3.8, 4) is 0 Å². The lowest BCUT2D eigenvalue weighted by atomic mass is 10.1. The largest absolute Gasteiger partial charge is 0.324 e. The topological polar surface area (TPSA) is 35.6 Å². The van der Waals surface area contributed by atoms with E-state index < -0.39 is 0 Å². The van der Waals surface area contributed by atoms with Crippen LogP contribution in [0.1, 0.15) is 37.8 Å². The third-order valence-corrected chi connectivity index (χ3v) is 4.86. The monoisotopic (exact) mass is 287 g/mol. The number of amides is 1. The molecule has 1 amide bonds. The quantitative estimate of drug-likeness (QED) is 0.920. The van der Waals surface area contributed by atoms with Gasteiger partial charge in [0.05, 0.1) is 6.17 Å². The van der Waals surface area contributed by atoms with Crippen LogP contribution in [0.4, 0.5) is 0 Å². The van der Waals surface area contributed by atoms with Crippen LogP contribution in [0.25, 0.3) is 0 Å². The van der Waals surface area contributed by atoms with Crippen molar-refractivity contribution >= 4 is 5.91 Å². The first kappa shape index (κ1) is 14.5. The molecule has 2 aliphatic heterocycles. The molecule has 0 aromatic heterocycles. The molecule has 114 valence electrons. The smallest absolute Gasteiger partial charge is 0.245 e. The molecule has 2 fully saturated rings. The number of likely N-dealkylation sites (N-methyl/N-ethyl adjacent to an activating group) is 1. The van der Waals surface area contributed by atoms with Crippen LogP contribution < -0.4 is 5.32 Å². The highest BCUT2D eigenvalue weighted by molar-refractivity contribution is 5.85. The molecule has 3 atom stereocenters. The number of likely N-dealkylation sites (tertiary alicyclic amines) is 1. The van der Waals surface area contributed by atoms with Gasteiger partial charge >= 0.3 is 0 Å². The van der Waals surface area contributed by atoms with Crippen LogP contribution in [-0.4, -0.2) is 48.1 Å². The van der Waals surface area contributed by atoms with E-state index in [-0.39, 0.29) is 18.1 Å². The Morgan fingerprint density at radius 3 is 2.67 bits per heavy atom. The first-order chi connectivity index (χ1) is 10.2. The van der Waals surface area contributed by atoms with Gasteiger partial charge in [0.1, 0.15) is 6.04 Å².